The molecule has 3 rings (SSSR count). The number of hydrogen-bond acceptors (Lipinski definition) is 5. The molecular weight excluding hydrogens is 250 g/mol. The standard InChI is InChI=1S/C11H13N5OS/c17-10(15-4-1-2-5-15)7-16-13-11(12-14-16)9-3-6-18-8-9/h3,6,8H,1-2,4-5,7H2. The number of amides is 1. The van der Waals surface area contributed by atoms with Gasteiger partial charge in [0.2, 0.25) is 11.7 Å². The van der Waals surface area contributed by atoms with Crippen LogP contribution in [-0.4, -0.2) is 44.1 Å². The topological polar surface area (TPSA) is 63.9 Å². The van der Waals surface area contributed by atoms with Gasteiger partial charge in [-0.15, -0.1) is 10.2 Å². The van der Waals surface area contributed by atoms with Crippen molar-refractivity contribution in [2.24, 2.45) is 0 Å². The number of carbonyl (C=O) groups is 1. The summed E-state index contributed by atoms with van der Waals surface area (Å²) in [5.41, 5.74) is 0.944. The lowest BCUT2D eigenvalue weighted by atomic mass is 10.3. The van der Waals surface area contributed by atoms with Gasteiger partial charge in [0.1, 0.15) is 6.54 Å². The van der Waals surface area contributed by atoms with Gasteiger partial charge in [-0.2, -0.15) is 16.1 Å². The normalized spacial score (nSPS) is 15.2. The van der Waals surface area contributed by atoms with E-state index in [2.05, 4.69) is 15.4 Å². The first-order chi connectivity index (χ1) is 8.83. The molecule has 2 aromatic rings. The van der Waals surface area contributed by atoms with Crippen LogP contribution in [0.4, 0.5) is 0 Å². The second-order valence-electron chi connectivity index (χ2n) is 4.24. The summed E-state index contributed by atoms with van der Waals surface area (Å²) in [6, 6.07) is 1.94. The maximum Gasteiger partial charge on any atom is 0.246 e. The van der Waals surface area contributed by atoms with Crippen LogP contribution in [0.25, 0.3) is 11.4 Å². The molecule has 0 unspecified atom stereocenters. The van der Waals surface area contributed by atoms with Crippen LogP contribution < -0.4 is 0 Å². The predicted octanol–water partition coefficient (Wildman–Crippen LogP) is 1.02. The molecule has 94 valence electrons. The van der Waals surface area contributed by atoms with Gasteiger partial charge in [-0.05, 0) is 29.5 Å². The Hall–Kier alpha value is -1.76. The second-order valence-corrected chi connectivity index (χ2v) is 5.02. The average molecular weight is 263 g/mol. The summed E-state index contributed by atoms with van der Waals surface area (Å²) < 4.78 is 0. The van der Waals surface area contributed by atoms with Crippen molar-refractivity contribution >= 4 is 17.2 Å². The van der Waals surface area contributed by atoms with Crippen molar-refractivity contribution in [2.75, 3.05) is 13.1 Å². The summed E-state index contributed by atoms with van der Waals surface area (Å²) in [7, 11) is 0. The molecule has 1 fully saturated rings. The van der Waals surface area contributed by atoms with Crippen molar-refractivity contribution in [1.29, 1.82) is 0 Å². The summed E-state index contributed by atoms with van der Waals surface area (Å²) in [6.07, 6.45) is 2.19. The Morgan fingerprint density at radius 1 is 1.39 bits per heavy atom. The summed E-state index contributed by atoms with van der Waals surface area (Å²) in [5.74, 6) is 0.646. The molecule has 0 atom stereocenters. The Morgan fingerprint density at radius 3 is 2.94 bits per heavy atom. The van der Waals surface area contributed by atoms with Crippen LogP contribution in [0, 0.1) is 0 Å². The first kappa shape index (κ1) is 11.3. The largest absolute Gasteiger partial charge is 0.341 e. The van der Waals surface area contributed by atoms with E-state index in [0.29, 0.717) is 5.82 Å². The van der Waals surface area contributed by atoms with Crippen molar-refractivity contribution in [3.63, 3.8) is 0 Å². The number of likely N-dealkylation sites (tertiary alicyclic amines) is 1. The van der Waals surface area contributed by atoms with E-state index in [0.717, 1.165) is 31.5 Å². The fraction of sp³-hybridized carbons (Fsp3) is 0.455. The number of nitrogens with zero attached hydrogens (tertiary/aromatic N) is 5. The summed E-state index contributed by atoms with van der Waals surface area (Å²) in [6.45, 7) is 1.88. The summed E-state index contributed by atoms with van der Waals surface area (Å²) in [5, 5.41) is 16.0. The molecule has 0 radical (unpaired) electrons. The summed E-state index contributed by atoms with van der Waals surface area (Å²) >= 11 is 1.59. The zero-order valence-corrected chi connectivity index (χ0v) is 10.6. The Bertz CT molecular complexity index is 529. The minimum absolute atomic E-state index is 0.0711. The van der Waals surface area contributed by atoms with Crippen LogP contribution >= 0.6 is 11.3 Å². The van der Waals surface area contributed by atoms with Gasteiger partial charge < -0.3 is 4.90 Å². The smallest absolute Gasteiger partial charge is 0.246 e. The molecule has 0 N–H and O–H groups in total. The molecule has 3 heterocycles. The number of carbonyl (C=O) groups excluding carboxylic acids is 1. The van der Waals surface area contributed by atoms with Crippen LogP contribution in [0.5, 0.6) is 0 Å². The van der Waals surface area contributed by atoms with E-state index in [9.17, 15) is 4.79 Å². The van der Waals surface area contributed by atoms with Gasteiger partial charge in [-0.1, -0.05) is 0 Å². The molecule has 18 heavy (non-hydrogen) atoms. The van der Waals surface area contributed by atoms with Crippen LogP contribution in [0.2, 0.25) is 0 Å². The first-order valence-corrected chi connectivity index (χ1v) is 6.85. The molecule has 1 aliphatic rings. The van der Waals surface area contributed by atoms with Crippen molar-refractivity contribution in [2.45, 2.75) is 19.4 Å². The highest BCUT2D eigenvalue weighted by molar-refractivity contribution is 7.08. The first-order valence-electron chi connectivity index (χ1n) is 5.91. The van der Waals surface area contributed by atoms with Gasteiger partial charge >= 0.3 is 0 Å². The monoisotopic (exact) mass is 263 g/mol. The lowest BCUT2D eigenvalue weighted by Gasteiger charge is -2.13. The lowest BCUT2D eigenvalue weighted by molar-refractivity contribution is -0.131. The molecule has 1 saturated heterocycles. The molecule has 0 aliphatic carbocycles. The van der Waals surface area contributed by atoms with Gasteiger partial charge in [0.15, 0.2) is 0 Å². The van der Waals surface area contributed by atoms with Gasteiger partial charge in [0.25, 0.3) is 0 Å². The van der Waals surface area contributed by atoms with Crippen LogP contribution in [-0.2, 0) is 11.3 Å². The number of thiophene rings is 1. The third-order valence-corrected chi connectivity index (χ3v) is 3.65. The maximum absolute atomic E-state index is 11.9. The molecule has 0 aromatic carbocycles. The lowest BCUT2D eigenvalue weighted by Crippen LogP contribution is -2.31. The molecule has 1 aliphatic heterocycles. The number of aromatic nitrogens is 4. The molecule has 0 spiro atoms. The van der Waals surface area contributed by atoms with E-state index in [4.69, 9.17) is 0 Å². The van der Waals surface area contributed by atoms with E-state index >= 15 is 0 Å². The average Bonchev–Trinajstić information content (AvgIpc) is 3.12. The maximum atomic E-state index is 11.9. The fourth-order valence-corrected chi connectivity index (χ4v) is 2.64. The molecule has 2 aromatic heterocycles. The number of rotatable bonds is 3. The van der Waals surface area contributed by atoms with Crippen LogP contribution in [0.1, 0.15) is 12.8 Å². The molecule has 7 heteroatoms. The van der Waals surface area contributed by atoms with E-state index in [1.165, 1.54) is 4.80 Å². The molecule has 1 amide bonds. The van der Waals surface area contributed by atoms with Crippen molar-refractivity contribution in [3.05, 3.63) is 16.8 Å². The minimum atomic E-state index is 0.0711. The number of tetrazole rings is 1. The summed E-state index contributed by atoms with van der Waals surface area (Å²) in [4.78, 5) is 15.1. The van der Waals surface area contributed by atoms with Crippen LogP contribution in [0.15, 0.2) is 16.8 Å². The number of hydrogen-bond donors (Lipinski definition) is 0. The molecule has 6 nitrogen and oxygen atoms in total. The molecule has 0 bridgehead atoms. The zero-order chi connectivity index (χ0) is 12.4. The van der Waals surface area contributed by atoms with E-state index in [1.807, 2.05) is 21.7 Å². The Kier molecular flexibility index (Phi) is 3.06. The molecule has 0 saturated carbocycles. The van der Waals surface area contributed by atoms with Gasteiger partial charge in [-0.3, -0.25) is 4.79 Å². The Morgan fingerprint density at radius 2 is 2.22 bits per heavy atom. The van der Waals surface area contributed by atoms with Gasteiger partial charge in [0, 0.05) is 24.0 Å². The van der Waals surface area contributed by atoms with Crippen molar-refractivity contribution in [1.82, 2.24) is 25.1 Å². The SMILES string of the molecule is O=C(Cn1nnc(-c2ccsc2)n1)N1CCCC1. The highest BCUT2D eigenvalue weighted by Gasteiger charge is 2.19. The predicted molar refractivity (Wildman–Crippen MR) is 66.9 cm³/mol. The third kappa shape index (κ3) is 2.26. The fourth-order valence-electron chi connectivity index (χ4n) is 2.00. The van der Waals surface area contributed by atoms with Crippen LogP contribution in [0.3, 0.4) is 0 Å². The zero-order valence-electron chi connectivity index (χ0n) is 9.82. The molecular formula is C11H13N5OS. The highest BCUT2D eigenvalue weighted by atomic mass is 32.1. The van der Waals surface area contributed by atoms with E-state index in [1.54, 1.807) is 11.3 Å². The van der Waals surface area contributed by atoms with E-state index in [-0.39, 0.29) is 12.5 Å². The van der Waals surface area contributed by atoms with Crippen molar-refractivity contribution in [3.8, 4) is 11.4 Å². The second kappa shape index (κ2) is 4.85. The Balaban J connectivity index is 1.68. The van der Waals surface area contributed by atoms with Gasteiger partial charge in [-0.25, -0.2) is 0 Å². The third-order valence-electron chi connectivity index (χ3n) is 2.97. The van der Waals surface area contributed by atoms with E-state index < -0.39 is 0 Å². The van der Waals surface area contributed by atoms with Crippen molar-refractivity contribution < 1.29 is 4.79 Å². The highest BCUT2D eigenvalue weighted by Crippen LogP contribution is 2.16. The quantitative estimate of drug-likeness (QED) is 0.829. The minimum Gasteiger partial charge on any atom is -0.341 e. The van der Waals surface area contributed by atoms with Gasteiger partial charge in [0.05, 0.1) is 0 Å². The Labute approximate surface area is 108 Å².